The van der Waals surface area contributed by atoms with Crippen LogP contribution in [0.15, 0.2) is 30.5 Å². The van der Waals surface area contributed by atoms with Crippen molar-refractivity contribution < 1.29 is 0 Å². The van der Waals surface area contributed by atoms with Gasteiger partial charge >= 0.3 is 0 Å². The fourth-order valence-corrected chi connectivity index (χ4v) is 2.00. The molecule has 0 aliphatic heterocycles. The van der Waals surface area contributed by atoms with Crippen molar-refractivity contribution in [3.8, 4) is 0 Å². The number of aryl methyl sites for hydroxylation is 1. The highest BCUT2D eigenvalue weighted by Gasteiger charge is 2.07. The molecule has 0 amide bonds. The second-order valence-electron chi connectivity index (χ2n) is 4.53. The summed E-state index contributed by atoms with van der Waals surface area (Å²) in [6.07, 6.45) is 1.94. The third-order valence-electron chi connectivity index (χ3n) is 2.86. The molecule has 18 heavy (non-hydrogen) atoms. The van der Waals surface area contributed by atoms with Gasteiger partial charge in [-0.05, 0) is 18.2 Å². The van der Waals surface area contributed by atoms with Crippen LogP contribution in [0.1, 0.15) is 16.8 Å². The summed E-state index contributed by atoms with van der Waals surface area (Å²) in [7, 11) is 3.95. The van der Waals surface area contributed by atoms with E-state index in [1.54, 1.807) is 4.68 Å². The Bertz CT molecular complexity index is 506. The van der Waals surface area contributed by atoms with Gasteiger partial charge in [-0.1, -0.05) is 29.5 Å². The van der Waals surface area contributed by atoms with E-state index < -0.39 is 0 Å². The van der Waals surface area contributed by atoms with Gasteiger partial charge in [0.25, 0.3) is 0 Å². The molecule has 0 bridgehead atoms. The van der Waals surface area contributed by atoms with Crippen molar-refractivity contribution in [1.82, 2.24) is 19.9 Å². The van der Waals surface area contributed by atoms with Crippen molar-refractivity contribution in [2.75, 3.05) is 7.05 Å². The van der Waals surface area contributed by atoms with Crippen LogP contribution in [0.4, 0.5) is 0 Å². The Morgan fingerprint density at radius 2 is 1.94 bits per heavy atom. The van der Waals surface area contributed by atoms with E-state index in [0.29, 0.717) is 6.54 Å². The van der Waals surface area contributed by atoms with Crippen LogP contribution in [0.2, 0.25) is 0 Å². The lowest BCUT2D eigenvalue weighted by Gasteiger charge is -2.17. The zero-order valence-electron chi connectivity index (χ0n) is 10.9. The molecule has 0 aliphatic carbocycles. The van der Waals surface area contributed by atoms with Gasteiger partial charge in [-0.3, -0.25) is 9.58 Å². The van der Waals surface area contributed by atoms with E-state index in [2.05, 4.69) is 34.4 Å². The molecule has 0 spiro atoms. The van der Waals surface area contributed by atoms with E-state index in [0.717, 1.165) is 18.8 Å². The second-order valence-corrected chi connectivity index (χ2v) is 4.53. The topological polar surface area (TPSA) is 60.0 Å². The summed E-state index contributed by atoms with van der Waals surface area (Å²) in [6, 6.07) is 8.26. The molecule has 96 valence electrons. The number of benzene rings is 1. The molecule has 2 N–H and O–H groups in total. The minimum atomic E-state index is 0.579. The molecule has 2 aromatic rings. The lowest BCUT2D eigenvalue weighted by Crippen LogP contribution is -2.19. The molecule has 0 fully saturated rings. The number of nitrogens with two attached hydrogens (primary N) is 1. The molecule has 5 nitrogen and oxygen atoms in total. The Labute approximate surface area is 107 Å². The van der Waals surface area contributed by atoms with Crippen LogP contribution < -0.4 is 5.73 Å². The van der Waals surface area contributed by atoms with Gasteiger partial charge in [0.2, 0.25) is 0 Å². The second kappa shape index (κ2) is 5.75. The van der Waals surface area contributed by atoms with Gasteiger partial charge in [0.15, 0.2) is 0 Å². The van der Waals surface area contributed by atoms with E-state index in [1.807, 2.05) is 25.4 Å². The molecule has 0 saturated heterocycles. The average molecular weight is 245 g/mol. The molecule has 0 unspecified atom stereocenters. The van der Waals surface area contributed by atoms with Crippen LogP contribution in [-0.2, 0) is 26.7 Å². The maximum atomic E-state index is 5.74. The number of nitrogens with zero attached hydrogens (tertiary/aromatic N) is 4. The molecular weight excluding hydrogens is 226 g/mol. The van der Waals surface area contributed by atoms with Gasteiger partial charge in [-0.2, -0.15) is 0 Å². The highest BCUT2D eigenvalue weighted by atomic mass is 15.4. The molecule has 0 saturated carbocycles. The molecule has 1 heterocycles. The first-order valence-electron chi connectivity index (χ1n) is 5.99. The lowest BCUT2D eigenvalue weighted by molar-refractivity contribution is 0.314. The Hall–Kier alpha value is -1.72. The molecule has 1 aromatic carbocycles. The lowest BCUT2D eigenvalue weighted by atomic mass is 10.1. The smallest absolute Gasteiger partial charge is 0.0967 e. The highest BCUT2D eigenvalue weighted by molar-refractivity contribution is 5.26. The number of aromatic nitrogens is 3. The molecular formula is C13H19N5. The van der Waals surface area contributed by atoms with Crippen LogP contribution in [0, 0.1) is 0 Å². The normalized spacial score (nSPS) is 11.1. The minimum absolute atomic E-state index is 0.579. The van der Waals surface area contributed by atoms with Crippen LogP contribution in [0.5, 0.6) is 0 Å². The summed E-state index contributed by atoms with van der Waals surface area (Å²) in [4.78, 5) is 2.21. The summed E-state index contributed by atoms with van der Waals surface area (Å²) in [6.45, 7) is 2.23. The van der Waals surface area contributed by atoms with Crippen LogP contribution >= 0.6 is 0 Å². The van der Waals surface area contributed by atoms with Gasteiger partial charge < -0.3 is 5.73 Å². The minimum Gasteiger partial charge on any atom is -0.326 e. The zero-order chi connectivity index (χ0) is 13.0. The van der Waals surface area contributed by atoms with Gasteiger partial charge in [-0.15, -0.1) is 5.10 Å². The third-order valence-corrected chi connectivity index (χ3v) is 2.86. The van der Waals surface area contributed by atoms with Gasteiger partial charge in [-0.25, -0.2) is 0 Å². The quantitative estimate of drug-likeness (QED) is 0.850. The first-order chi connectivity index (χ1) is 8.69. The van der Waals surface area contributed by atoms with E-state index in [4.69, 9.17) is 5.73 Å². The Balaban J connectivity index is 2.00. The van der Waals surface area contributed by atoms with Crippen molar-refractivity contribution in [3.05, 3.63) is 47.3 Å². The Kier molecular flexibility index (Phi) is 4.07. The van der Waals surface area contributed by atoms with Crippen molar-refractivity contribution in [2.45, 2.75) is 19.6 Å². The number of hydrogen-bond donors (Lipinski definition) is 1. The molecule has 2 rings (SSSR count). The highest BCUT2D eigenvalue weighted by Crippen LogP contribution is 2.11. The molecule has 1 aromatic heterocycles. The van der Waals surface area contributed by atoms with E-state index >= 15 is 0 Å². The van der Waals surface area contributed by atoms with Gasteiger partial charge in [0, 0.05) is 32.9 Å². The largest absolute Gasteiger partial charge is 0.326 e. The van der Waals surface area contributed by atoms with E-state index in [9.17, 15) is 0 Å². The average Bonchev–Trinajstić information content (AvgIpc) is 2.75. The fourth-order valence-electron chi connectivity index (χ4n) is 2.00. The Morgan fingerprint density at radius 3 is 2.56 bits per heavy atom. The summed E-state index contributed by atoms with van der Waals surface area (Å²) in [5, 5.41) is 8.02. The fraction of sp³-hybridized carbons (Fsp3) is 0.385. The molecule has 0 radical (unpaired) electrons. The SMILES string of the molecule is CN(Cc1cn(C)nn1)Cc1ccccc1CN. The predicted molar refractivity (Wildman–Crippen MR) is 70.5 cm³/mol. The third kappa shape index (κ3) is 3.15. The van der Waals surface area contributed by atoms with Crippen molar-refractivity contribution >= 4 is 0 Å². The predicted octanol–water partition coefficient (Wildman–Crippen LogP) is 0.906. The number of rotatable bonds is 5. The van der Waals surface area contributed by atoms with Crippen LogP contribution in [0.25, 0.3) is 0 Å². The van der Waals surface area contributed by atoms with Crippen molar-refractivity contribution in [2.24, 2.45) is 12.8 Å². The molecule has 0 aliphatic rings. The molecule has 0 atom stereocenters. The van der Waals surface area contributed by atoms with Gasteiger partial charge in [0.05, 0.1) is 5.69 Å². The standard InChI is InChI=1S/C13H19N5/c1-17(9-13-10-18(2)16-15-13)8-12-6-4-3-5-11(12)7-14/h3-6,10H,7-9,14H2,1-2H3. The zero-order valence-corrected chi connectivity index (χ0v) is 10.9. The summed E-state index contributed by atoms with van der Waals surface area (Å²) >= 11 is 0. The summed E-state index contributed by atoms with van der Waals surface area (Å²) in [5.41, 5.74) is 9.18. The maximum absolute atomic E-state index is 5.74. The molecule has 5 heteroatoms. The van der Waals surface area contributed by atoms with Gasteiger partial charge in [0.1, 0.15) is 0 Å². The summed E-state index contributed by atoms with van der Waals surface area (Å²) < 4.78 is 1.72. The summed E-state index contributed by atoms with van der Waals surface area (Å²) in [5.74, 6) is 0. The van der Waals surface area contributed by atoms with Crippen molar-refractivity contribution in [1.29, 1.82) is 0 Å². The maximum Gasteiger partial charge on any atom is 0.0967 e. The van der Waals surface area contributed by atoms with E-state index in [-0.39, 0.29) is 0 Å². The number of hydrogen-bond acceptors (Lipinski definition) is 4. The van der Waals surface area contributed by atoms with E-state index in [1.165, 1.54) is 11.1 Å². The first-order valence-corrected chi connectivity index (χ1v) is 5.99. The first kappa shape index (κ1) is 12.7. The van der Waals surface area contributed by atoms with Crippen LogP contribution in [0.3, 0.4) is 0 Å². The van der Waals surface area contributed by atoms with Crippen molar-refractivity contribution in [3.63, 3.8) is 0 Å². The monoisotopic (exact) mass is 245 g/mol. The Morgan fingerprint density at radius 1 is 1.22 bits per heavy atom. The van der Waals surface area contributed by atoms with Crippen LogP contribution in [-0.4, -0.2) is 26.9 Å².